The monoisotopic (exact) mass is 279 g/mol. The second-order valence-electron chi connectivity index (χ2n) is 4.47. The van der Waals surface area contributed by atoms with Gasteiger partial charge in [-0.2, -0.15) is 0 Å². The Labute approximate surface area is 119 Å². The summed E-state index contributed by atoms with van der Waals surface area (Å²) in [5.41, 5.74) is 0.874. The number of hydrogen-bond donors (Lipinski definition) is 1. The molecule has 0 radical (unpaired) electrons. The lowest BCUT2D eigenvalue weighted by Crippen LogP contribution is -2.45. The minimum atomic E-state index is -0.995. The van der Waals surface area contributed by atoms with Crippen molar-refractivity contribution < 1.29 is 19.4 Å². The zero-order valence-corrected chi connectivity index (χ0v) is 11.9. The third-order valence-electron chi connectivity index (χ3n) is 3.00. The molecule has 20 heavy (non-hydrogen) atoms. The predicted molar refractivity (Wildman–Crippen MR) is 75.3 cm³/mol. The van der Waals surface area contributed by atoms with E-state index in [0.29, 0.717) is 19.4 Å². The summed E-state index contributed by atoms with van der Waals surface area (Å²) in [5.74, 6) is -0.995. The minimum Gasteiger partial charge on any atom is -0.480 e. The molecule has 0 saturated heterocycles. The highest BCUT2D eigenvalue weighted by molar-refractivity contribution is 5.80. The van der Waals surface area contributed by atoms with E-state index in [-0.39, 0.29) is 6.61 Å². The van der Waals surface area contributed by atoms with Crippen LogP contribution < -0.4 is 0 Å². The zero-order chi connectivity index (χ0) is 15.0. The molecular formula is C15H21NO4. The molecule has 1 rings (SSSR count). The van der Waals surface area contributed by atoms with Crippen molar-refractivity contribution in [3.63, 3.8) is 0 Å². The van der Waals surface area contributed by atoms with E-state index in [2.05, 4.69) is 0 Å². The van der Waals surface area contributed by atoms with Crippen LogP contribution in [-0.2, 0) is 16.1 Å². The topological polar surface area (TPSA) is 66.8 Å². The molecule has 1 aromatic carbocycles. The zero-order valence-electron chi connectivity index (χ0n) is 11.9. The number of carboxylic acid groups (broad SMARTS) is 1. The van der Waals surface area contributed by atoms with Crippen molar-refractivity contribution in [3.8, 4) is 0 Å². The number of carbonyl (C=O) groups excluding carboxylic acids is 1. The molecule has 0 aliphatic heterocycles. The Morgan fingerprint density at radius 2 is 1.90 bits per heavy atom. The van der Waals surface area contributed by atoms with Crippen LogP contribution in [0.1, 0.15) is 32.3 Å². The van der Waals surface area contributed by atoms with Gasteiger partial charge in [-0.1, -0.05) is 43.7 Å². The molecule has 5 nitrogen and oxygen atoms in total. The summed E-state index contributed by atoms with van der Waals surface area (Å²) in [5, 5.41) is 9.19. The Balaban J connectivity index is 2.64. The van der Waals surface area contributed by atoms with Gasteiger partial charge in [-0.3, -0.25) is 4.90 Å². The molecule has 1 aromatic rings. The standard InChI is InChI=1S/C15H21NO4/c1-3-8-13(14(17)18)16(4-2)15(19)20-11-12-9-6-5-7-10-12/h5-7,9-10,13H,3-4,8,11H2,1-2H3,(H,17,18). The summed E-state index contributed by atoms with van der Waals surface area (Å²) >= 11 is 0. The van der Waals surface area contributed by atoms with E-state index in [9.17, 15) is 14.7 Å². The Morgan fingerprint density at radius 3 is 2.40 bits per heavy atom. The summed E-state index contributed by atoms with van der Waals surface area (Å²) < 4.78 is 5.18. The van der Waals surface area contributed by atoms with Gasteiger partial charge in [0.25, 0.3) is 0 Å². The van der Waals surface area contributed by atoms with Crippen LogP contribution in [0.3, 0.4) is 0 Å². The van der Waals surface area contributed by atoms with Crippen molar-refractivity contribution in [2.24, 2.45) is 0 Å². The first-order chi connectivity index (χ1) is 9.60. The van der Waals surface area contributed by atoms with Gasteiger partial charge in [0.2, 0.25) is 0 Å². The summed E-state index contributed by atoms with van der Waals surface area (Å²) in [6.07, 6.45) is 0.528. The molecule has 5 heteroatoms. The van der Waals surface area contributed by atoms with Crippen LogP contribution in [0.15, 0.2) is 30.3 Å². The average Bonchev–Trinajstić information content (AvgIpc) is 2.46. The number of hydrogen-bond acceptors (Lipinski definition) is 3. The number of benzene rings is 1. The van der Waals surface area contributed by atoms with E-state index < -0.39 is 18.1 Å². The van der Waals surface area contributed by atoms with Crippen molar-refractivity contribution in [1.82, 2.24) is 4.90 Å². The normalized spacial score (nSPS) is 11.7. The lowest BCUT2D eigenvalue weighted by Gasteiger charge is -2.26. The van der Waals surface area contributed by atoms with Crippen LogP contribution in [-0.4, -0.2) is 34.7 Å². The number of ether oxygens (including phenoxy) is 1. The van der Waals surface area contributed by atoms with E-state index in [0.717, 1.165) is 5.56 Å². The highest BCUT2D eigenvalue weighted by atomic mass is 16.6. The lowest BCUT2D eigenvalue weighted by atomic mass is 10.1. The maximum atomic E-state index is 12.0. The molecule has 0 aromatic heterocycles. The molecule has 0 heterocycles. The molecule has 1 unspecified atom stereocenters. The second kappa shape index (κ2) is 8.19. The average molecular weight is 279 g/mol. The van der Waals surface area contributed by atoms with E-state index >= 15 is 0 Å². The fourth-order valence-electron chi connectivity index (χ4n) is 1.97. The van der Waals surface area contributed by atoms with E-state index in [1.807, 2.05) is 37.3 Å². The number of aliphatic carboxylic acids is 1. The third-order valence-corrected chi connectivity index (χ3v) is 3.00. The number of carboxylic acids is 1. The van der Waals surface area contributed by atoms with Gasteiger partial charge < -0.3 is 9.84 Å². The molecule has 1 N–H and O–H groups in total. The van der Waals surface area contributed by atoms with Gasteiger partial charge in [-0.05, 0) is 18.9 Å². The SMILES string of the molecule is CCCC(C(=O)O)N(CC)C(=O)OCc1ccccc1. The first kappa shape index (κ1) is 16.0. The number of nitrogens with zero attached hydrogens (tertiary/aromatic N) is 1. The van der Waals surface area contributed by atoms with Crippen molar-refractivity contribution >= 4 is 12.1 Å². The Bertz CT molecular complexity index is 433. The smallest absolute Gasteiger partial charge is 0.410 e. The minimum absolute atomic E-state index is 0.147. The van der Waals surface area contributed by atoms with E-state index in [1.165, 1.54) is 4.90 Å². The van der Waals surface area contributed by atoms with Gasteiger partial charge in [0.05, 0.1) is 0 Å². The molecule has 1 amide bonds. The number of likely N-dealkylation sites (N-methyl/N-ethyl adjacent to an activating group) is 1. The molecule has 0 fully saturated rings. The van der Waals surface area contributed by atoms with Crippen molar-refractivity contribution in [3.05, 3.63) is 35.9 Å². The number of carbonyl (C=O) groups is 2. The molecule has 110 valence electrons. The Hall–Kier alpha value is -2.04. The molecular weight excluding hydrogens is 258 g/mol. The van der Waals surface area contributed by atoms with Gasteiger partial charge in [-0.25, -0.2) is 9.59 Å². The summed E-state index contributed by atoms with van der Waals surface area (Å²) in [6.45, 7) is 4.09. The molecule has 0 aliphatic carbocycles. The summed E-state index contributed by atoms with van der Waals surface area (Å²) in [7, 11) is 0. The second-order valence-corrected chi connectivity index (χ2v) is 4.47. The summed E-state index contributed by atoms with van der Waals surface area (Å²) in [6, 6.07) is 8.48. The largest absolute Gasteiger partial charge is 0.480 e. The molecule has 0 bridgehead atoms. The lowest BCUT2D eigenvalue weighted by molar-refractivity contribution is -0.143. The Kier molecular flexibility index (Phi) is 6.56. The van der Waals surface area contributed by atoms with E-state index in [4.69, 9.17) is 4.74 Å². The number of rotatable bonds is 7. The van der Waals surface area contributed by atoms with Gasteiger partial charge in [0.15, 0.2) is 0 Å². The van der Waals surface area contributed by atoms with Gasteiger partial charge in [0.1, 0.15) is 12.6 Å². The van der Waals surface area contributed by atoms with Crippen LogP contribution in [0.4, 0.5) is 4.79 Å². The van der Waals surface area contributed by atoms with Crippen molar-refractivity contribution in [2.75, 3.05) is 6.54 Å². The highest BCUT2D eigenvalue weighted by Gasteiger charge is 2.28. The third kappa shape index (κ3) is 4.57. The summed E-state index contributed by atoms with van der Waals surface area (Å²) in [4.78, 5) is 24.5. The maximum Gasteiger partial charge on any atom is 0.410 e. The first-order valence-electron chi connectivity index (χ1n) is 6.80. The van der Waals surface area contributed by atoms with Crippen molar-refractivity contribution in [1.29, 1.82) is 0 Å². The van der Waals surface area contributed by atoms with Crippen LogP contribution >= 0.6 is 0 Å². The fraction of sp³-hybridized carbons (Fsp3) is 0.467. The molecule has 0 aliphatic rings. The molecule has 0 saturated carbocycles. The quantitative estimate of drug-likeness (QED) is 0.833. The fourth-order valence-corrected chi connectivity index (χ4v) is 1.97. The Morgan fingerprint density at radius 1 is 1.25 bits per heavy atom. The van der Waals surface area contributed by atoms with Gasteiger partial charge in [-0.15, -0.1) is 0 Å². The van der Waals surface area contributed by atoms with Gasteiger partial charge in [0, 0.05) is 6.54 Å². The molecule has 1 atom stereocenters. The number of amides is 1. The predicted octanol–water partition coefficient (Wildman–Crippen LogP) is 2.90. The van der Waals surface area contributed by atoms with Gasteiger partial charge >= 0.3 is 12.1 Å². The van der Waals surface area contributed by atoms with Crippen LogP contribution in [0.2, 0.25) is 0 Å². The van der Waals surface area contributed by atoms with Crippen LogP contribution in [0.5, 0.6) is 0 Å². The van der Waals surface area contributed by atoms with Crippen LogP contribution in [0, 0.1) is 0 Å². The van der Waals surface area contributed by atoms with E-state index in [1.54, 1.807) is 6.92 Å². The highest BCUT2D eigenvalue weighted by Crippen LogP contribution is 2.11. The van der Waals surface area contributed by atoms with Crippen molar-refractivity contribution in [2.45, 2.75) is 39.3 Å². The first-order valence-corrected chi connectivity index (χ1v) is 6.80. The maximum absolute atomic E-state index is 12.0. The molecule has 0 spiro atoms. The van der Waals surface area contributed by atoms with Crippen LogP contribution in [0.25, 0.3) is 0 Å².